The molecule has 0 heterocycles. The van der Waals surface area contributed by atoms with E-state index >= 15 is 0 Å². The summed E-state index contributed by atoms with van der Waals surface area (Å²) >= 11 is 0. The van der Waals surface area contributed by atoms with Crippen LogP contribution in [0.2, 0.25) is 0 Å². The monoisotopic (exact) mass is 450 g/mol. The molecule has 0 saturated heterocycles. The van der Waals surface area contributed by atoms with Gasteiger partial charge < -0.3 is 9.47 Å². The van der Waals surface area contributed by atoms with Crippen molar-refractivity contribution in [3.05, 3.63) is 108 Å². The van der Waals surface area contributed by atoms with Gasteiger partial charge in [-0.15, -0.1) is 0 Å². The molecule has 170 valence electrons. The predicted molar refractivity (Wildman–Crippen MR) is 134 cm³/mol. The van der Waals surface area contributed by atoms with Crippen molar-refractivity contribution in [3.8, 4) is 11.5 Å². The standard InChI is InChI=1S/C29H26N2O3/c1-33-28-16-20(18-30-31-29(32)26-17-25(26)22-8-3-2-4-9-22)14-15-27(28)34-19-23-12-7-11-21-10-5-6-13-24(21)23/h2-16,18,25-26H,17,19H2,1H3,(H,31,32)/b30-18+/t25-,26+/m0/s1. The number of rotatable bonds is 8. The summed E-state index contributed by atoms with van der Waals surface area (Å²) < 4.78 is 11.6. The lowest BCUT2D eigenvalue weighted by molar-refractivity contribution is -0.122. The van der Waals surface area contributed by atoms with E-state index in [2.05, 4.69) is 46.9 Å². The average molecular weight is 451 g/mol. The van der Waals surface area contributed by atoms with Crippen molar-refractivity contribution in [1.29, 1.82) is 0 Å². The SMILES string of the molecule is COc1cc(/C=N/NC(=O)[C@@H]2C[C@H]2c2ccccc2)ccc1OCc1cccc2ccccc12. The van der Waals surface area contributed by atoms with Crippen molar-refractivity contribution in [2.75, 3.05) is 7.11 Å². The number of hydrogen-bond donors (Lipinski definition) is 1. The Bertz CT molecular complexity index is 1330. The minimum absolute atomic E-state index is 0.0149. The average Bonchev–Trinajstić information content (AvgIpc) is 3.69. The third kappa shape index (κ3) is 4.79. The molecule has 1 fully saturated rings. The van der Waals surface area contributed by atoms with Crippen molar-refractivity contribution in [2.24, 2.45) is 11.0 Å². The highest BCUT2D eigenvalue weighted by Gasteiger charge is 2.43. The van der Waals surface area contributed by atoms with E-state index in [1.54, 1.807) is 13.3 Å². The van der Waals surface area contributed by atoms with Crippen LogP contribution in [0.5, 0.6) is 11.5 Å². The molecule has 0 spiro atoms. The summed E-state index contributed by atoms with van der Waals surface area (Å²) in [5.41, 5.74) is 5.79. The molecule has 0 bridgehead atoms. The lowest BCUT2D eigenvalue weighted by atomic mass is 10.1. The zero-order chi connectivity index (χ0) is 23.3. The van der Waals surface area contributed by atoms with Crippen LogP contribution >= 0.6 is 0 Å². The number of hydrazone groups is 1. The molecule has 2 atom stereocenters. The molecule has 5 nitrogen and oxygen atoms in total. The Morgan fingerprint density at radius 2 is 1.76 bits per heavy atom. The van der Waals surface area contributed by atoms with E-state index < -0.39 is 0 Å². The Labute approximate surface area is 199 Å². The van der Waals surface area contributed by atoms with Gasteiger partial charge in [-0.05, 0) is 58.0 Å². The zero-order valence-electron chi connectivity index (χ0n) is 19.0. The number of nitrogens with zero attached hydrogens (tertiary/aromatic N) is 1. The first-order chi connectivity index (χ1) is 16.7. The van der Waals surface area contributed by atoms with Gasteiger partial charge in [0, 0.05) is 5.92 Å². The third-order valence-corrected chi connectivity index (χ3v) is 6.19. The number of methoxy groups -OCH3 is 1. The molecule has 1 N–H and O–H groups in total. The van der Waals surface area contributed by atoms with Gasteiger partial charge in [-0.1, -0.05) is 72.8 Å². The number of benzene rings is 4. The largest absolute Gasteiger partial charge is 0.493 e. The van der Waals surface area contributed by atoms with Crippen molar-refractivity contribution in [2.45, 2.75) is 18.9 Å². The van der Waals surface area contributed by atoms with Crippen LogP contribution in [0.4, 0.5) is 0 Å². The Kier molecular flexibility index (Phi) is 6.25. The summed E-state index contributed by atoms with van der Waals surface area (Å²) in [5.74, 6) is 1.49. The van der Waals surface area contributed by atoms with Crippen LogP contribution in [0.1, 0.15) is 29.0 Å². The maximum atomic E-state index is 12.4. The zero-order valence-corrected chi connectivity index (χ0v) is 19.0. The molecule has 1 amide bonds. The van der Waals surface area contributed by atoms with Gasteiger partial charge >= 0.3 is 0 Å². The van der Waals surface area contributed by atoms with Gasteiger partial charge in [0.05, 0.1) is 13.3 Å². The number of amides is 1. The fourth-order valence-corrected chi connectivity index (χ4v) is 4.26. The Hall–Kier alpha value is -4.12. The van der Waals surface area contributed by atoms with E-state index in [9.17, 15) is 4.79 Å². The second-order valence-corrected chi connectivity index (χ2v) is 8.43. The Balaban J connectivity index is 1.20. The van der Waals surface area contributed by atoms with Gasteiger partial charge in [0.1, 0.15) is 6.61 Å². The maximum absolute atomic E-state index is 12.4. The van der Waals surface area contributed by atoms with Crippen molar-refractivity contribution in [1.82, 2.24) is 5.43 Å². The van der Waals surface area contributed by atoms with E-state index in [-0.39, 0.29) is 17.7 Å². The van der Waals surface area contributed by atoms with Crippen molar-refractivity contribution in [3.63, 3.8) is 0 Å². The van der Waals surface area contributed by atoms with Crippen LogP contribution in [-0.4, -0.2) is 19.2 Å². The van der Waals surface area contributed by atoms with E-state index in [0.717, 1.165) is 17.5 Å². The minimum atomic E-state index is -0.0490. The molecular weight excluding hydrogens is 424 g/mol. The molecule has 0 unspecified atom stereocenters. The van der Waals surface area contributed by atoms with Crippen LogP contribution in [0.3, 0.4) is 0 Å². The first kappa shape index (κ1) is 21.7. The van der Waals surface area contributed by atoms with E-state index in [1.165, 1.54) is 16.3 Å². The summed E-state index contributed by atoms with van der Waals surface area (Å²) in [6, 6.07) is 30.2. The van der Waals surface area contributed by atoms with Gasteiger partial charge in [-0.2, -0.15) is 5.10 Å². The number of carbonyl (C=O) groups excluding carboxylic acids is 1. The van der Waals surface area contributed by atoms with E-state index in [0.29, 0.717) is 18.1 Å². The number of ether oxygens (including phenoxy) is 2. The van der Waals surface area contributed by atoms with Crippen LogP contribution in [0, 0.1) is 5.92 Å². The molecule has 1 aliphatic carbocycles. The van der Waals surface area contributed by atoms with Crippen LogP contribution in [-0.2, 0) is 11.4 Å². The quantitative estimate of drug-likeness (QED) is 0.277. The summed E-state index contributed by atoms with van der Waals surface area (Å²) in [5, 5.41) is 6.50. The number of carbonyl (C=O) groups is 1. The van der Waals surface area contributed by atoms with Gasteiger partial charge in [-0.3, -0.25) is 4.79 Å². The second kappa shape index (κ2) is 9.79. The predicted octanol–water partition coefficient (Wildman–Crippen LogP) is 5.68. The van der Waals surface area contributed by atoms with Gasteiger partial charge in [0.15, 0.2) is 11.5 Å². The number of hydrogen-bond acceptors (Lipinski definition) is 4. The van der Waals surface area contributed by atoms with Gasteiger partial charge in [0.2, 0.25) is 5.91 Å². The van der Waals surface area contributed by atoms with Crippen LogP contribution in [0.25, 0.3) is 10.8 Å². The fourth-order valence-electron chi connectivity index (χ4n) is 4.26. The minimum Gasteiger partial charge on any atom is -0.493 e. The highest BCUT2D eigenvalue weighted by molar-refractivity contribution is 5.86. The summed E-state index contributed by atoms with van der Waals surface area (Å²) in [6.45, 7) is 0.436. The third-order valence-electron chi connectivity index (χ3n) is 6.19. The van der Waals surface area contributed by atoms with Gasteiger partial charge in [0.25, 0.3) is 0 Å². The van der Waals surface area contributed by atoms with Crippen molar-refractivity contribution < 1.29 is 14.3 Å². The highest BCUT2D eigenvalue weighted by Crippen LogP contribution is 2.47. The molecule has 0 radical (unpaired) electrons. The van der Waals surface area contributed by atoms with Crippen LogP contribution in [0.15, 0.2) is 96.1 Å². The molecule has 1 aliphatic rings. The topological polar surface area (TPSA) is 59.9 Å². The molecule has 1 saturated carbocycles. The molecule has 34 heavy (non-hydrogen) atoms. The second-order valence-electron chi connectivity index (χ2n) is 8.43. The molecule has 0 aromatic heterocycles. The van der Waals surface area contributed by atoms with E-state index in [1.807, 2.05) is 54.6 Å². The highest BCUT2D eigenvalue weighted by atomic mass is 16.5. The molecule has 0 aliphatic heterocycles. The van der Waals surface area contributed by atoms with Gasteiger partial charge in [-0.25, -0.2) is 5.43 Å². The summed E-state index contributed by atoms with van der Waals surface area (Å²) in [4.78, 5) is 12.4. The first-order valence-electron chi connectivity index (χ1n) is 11.4. The lowest BCUT2D eigenvalue weighted by Gasteiger charge is -2.12. The van der Waals surface area contributed by atoms with E-state index in [4.69, 9.17) is 9.47 Å². The Morgan fingerprint density at radius 3 is 2.62 bits per heavy atom. The molecule has 5 heteroatoms. The number of nitrogens with one attached hydrogen (secondary N) is 1. The molecule has 5 rings (SSSR count). The Morgan fingerprint density at radius 1 is 0.971 bits per heavy atom. The summed E-state index contributed by atoms with van der Waals surface area (Å²) in [7, 11) is 1.61. The first-order valence-corrected chi connectivity index (χ1v) is 11.4. The molecular formula is C29H26N2O3. The number of fused-ring (bicyclic) bond motifs is 1. The lowest BCUT2D eigenvalue weighted by Crippen LogP contribution is -2.20. The maximum Gasteiger partial charge on any atom is 0.243 e. The molecule has 4 aromatic rings. The fraction of sp³-hybridized carbons (Fsp3) is 0.172. The van der Waals surface area contributed by atoms with Crippen molar-refractivity contribution >= 4 is 22.9 Å². The summed E-state index contributed by atoms with van der Waals surface area (Å²) in [6.07, 6.45) is 2.48. The molecule has 4 aromatic carbocycles. The van der Waals surface area contributed by atoms with Crippen LogP contribution < -0.4 is 14.9 Å². The normalized spacial score (nSPS) is 17.0. The smallest absolute Gasteiger partial charge is 0.243 e.